The number of carbonyl (C=O) groups is 1. The number of rotatable bonds is 5. The fourth-order valence-electron chi connectivity index (χ4n) is 1.78. The zero-order valence-electron chi connectivity index (χ0n) is 11.6. The molecule has 1 aromatic carbocycles. The van der Waals surface area contributed by atoms with E-state index in [2.05, 4.69) is 9.97 Å². The van der Waals surface area contributed by atoms with Crippen LogP contribution in [0.2, 0.25) is 0 Å². The maximum absolute atomic E-state index is 12.3. The van der Waals surface area contributed by atoms with Gasteiger partial charge in [-0.05, 0) is 32.0 Å². The van der Waals surface area contributed by atoms with Gasteiger partial charge in [0, 0.05) is 18.4 Å². The van der Waals surface area contributed by atoms with Crippen molar-refractivity contribution in [2.24, 2.45) is 0 Å². The summed E-state index contributed by atoms with van der Waals surface area (Å²) in [5.74, 6) is 0.887. The van der Waals surface area contributed by atoms with Crippen LogP contribution in [0.25, 0.3) is 0 Å². The molecule has 0 unspecified atom stereocenters. The van der Waals surface area contributed by atoms with E-state index in [0.29, 0.717) is 11.7 Å². The highest BCUT2D eigenvalue weighted by Crippen LogP contribution is 2.12. The smallest absolute Gasteiger partial charge is 0.267 e. The van der Waals surface area contributed by atoms with Gasteiger partial charge >= 0.3 is 0 Å². The molecule has 0 saturated heterocycles. The molecule has 0 radical (unpaired) electrons. The molecule has 0 aliphatic rings. The summed E-state index contributed by atoms with van der Waals surface area (Å²) in [6, 6.07) is 10.9. The van der Waals surface area contributed by atoms with Crippen molar-refractivity contribution in [1.82, 2.24) is 9.97 Å². The first-order valence-electron chi connectivity index (χ1n) is 6.45. The van der Waals surface area contributed by atoms with Crippen molar-refractivity contribution < 1.29 is 9.53 Å². The number of anilines is 1. The number of nitrogens with zero attached hydrogens (tertiary/aromatic N) is 3. The van der Waals surface area contributed by atoms with Gasteiger partial charge in [0.15, 0.2) is 6.61 Å². The summed E-state index contributed by atoms with van der Waals surface area (Å²) in [5, 5.41) is 0. The zero-order chi connectivity index (χ0) is 14.4. The van der Waals surface area contributed by atoms with E-state index in [4.69, 9.17) is 4.74 Å². The lowest BCUT2D eigenvalue weighted by molar-refractivity contribution is -0.121. The topological polar surface area (TPSA) is 55.3 Å². The van der Waals surface area contributed by atoms with Gasteiger partial charge < -0.3 is 4.74 Å². The van der Waals surface area contributed by atoms with Crippen molar-refractivity contribution in [3.8, 4) is 5.75 Å². The number of hydrogen-bond donors (Lipinski definition) is 0. The third-order valence-electron chi connectivity index (χ3n) is 2.66. The standard InChI is InChI=1S/C15H17N3O2/c1-12(2)18(15-16-9-6-10-17-15)14(19)11-20-13-7-4-3-5-8-13/h3-10,12H,11H2,1-2H3. The van der Waals surface area contributed by atoms with Crippen molar-refractivity contribution in [2.75, 3.05) is 11.5 Å². The molecule has 5 heteroatoms. The quantitative estimate of drug-likeness (QED) is 0.837. The molecular formula is C15H17N3O2. The van der Waals surface area contributed by atoms with Crippen LogP contribution in [0.1, 0.15) is 13.8 Å². The summed E-state index contributed by atoms with van der Waals surface area (Å²) in [4.78, 5) is 22.0. The molecule has 0 aliphatic carbocycles. The average Bonchev–Trinajstić information content (AvgIpc) is 2.47. The van der Waals surface area contributed by atoms with E-state index >= 15 is 0 Å². The van der Waals surface area contributed by atoms with Crippen LogP contribution in [0.4, 0.5) is 5.95 Å². The second kappa shape index (κ2) is 6.65. The Morgan fingerprint density at radius 2 is 1.80 bits per heavy atom. The van der Waals surface area contributed by atoms with Gasteiger partial charge in [-0.25, -0.2) is 9.97 Å². The maximum atomic E-state index is 12.3. The van der Waals surface area contributed by atoms with Gasteiger partial charge in [0.1, 0.15) is 5.75 Å². The first-order chi connectivity index (χ1) is 9.68. The fraction of sp³-hybridized carbons (Fsp3) is 0.267. The van der Waals surface area contributed by atoms with Crippen LogP contribution in [-0.4, -0.2) is 28.5 Å². The number of carbonyl (C=O) groups excluding carboxylic acids is 1. The van der Waals surface area contributed by atoms with E-state index < -0.39 is 0 Å². The summed E-state index contributed by atoms with van der Waals surface area (Å²) >= 11 is 0. The SMILES string of the molecule is CC(C)N(C(=O)COc1ccccc1)c1ncccn1. The molecule has 0 fully saturated rings. The number of hydrogen-bond acceptors (Lipinski definition) is 4. The second-order valence-corrected chi connectivity index (χ2v) is 4.51. The predicted octanol–water partition coefficient (Wildman–Crippen LogP) is 2.30. The summed E-state index contributed by atoms with van der Waals surface area (Å²) < 4.78 is 5.47. The lowest BCUT2D eigenvalue weighted by atomic mass is 10.3. The molecule has 0 saturated carbocycles. The van der Waals surface area contributed by atoms with E-state index in [-0.39, 0.29) is 18.6 Å². The molecule has 0 bridgehead atoms. The minimum atomic E-state index is -0.171. The van der Waals surface area contributed by atoms with Gasteiger partial charge in [-0.2, -0.15) is 0 Å². The Kier molecular flexibility index (Phi) is 4.65. The van der Waals surface area contributed by atoms with E-state index in [1.807, 2.05) is 44.2 Å². The molecule has 20 heavy (non-hydrogen) atoms. The fourth-order valence-corrected chi connectivity index (χ4v) is 1.78. The van der Waals surface area contributed by atoms with Crippen molar-refractivity contribution >= 4 is 11.9 Å². The first kappa shape index (κ1) is 14.0. The predicted molar refractivity (Wildman–Crippen MR) is 76.6 cm³/mol. The Labute approximate surface area is 118 Å². The van der Waals surface area contributed by atoms with Crippen LogP contribution in [-0.2, 0) is 4.79 Å². The van der Waals surface area contributed by atoms with Gasteiger partial charge in [-0.15, -0.1) is 0 Å². The molecule has 1 aromatic heterocycles. The number of ether oxygens (including phenoxy) is 1. The highest BCUT2D eigenvalue weighted by molar-refractivity contribution is 5.93. The molecule has 2 aromatic rings. The molecule has 0 aliphatic heterocycles. The van der Waals surface area contributed by atoms with Crippen molar-refractivity contribution in [3.63, 3.8) is 0 Å². The number of para-hydroxylation sites is 1. The van der Waals surface area contributed by atoms with Crippen LogP contribution in [0.15, 0.2) is 48.8 Å². The minimum absolute atomic E-state index is 0.0377. The Morgan fingerprint density at radius 3 is 2.40 bits per heavy atom. The van der Waals surface area contributed by atoms with Gasteiger partial charge in [0.2, 0.25) is 5.95 Å². The average molecular weight is 271 g/mol. The number of aromatic nitrogens is 2. The molecule has 0 N–H and O–H groups in total. The van der Waals surface area contributed by atoms with Crippen molar-refractivity contribution in [1.29, 1.82) is 0 Å². The van der Waals surface area contributed by atoms with Crippen LogP contribution in [0.3, 0.4) is 0 Å². The monoisotopic (exact) mass is 271 g/mol. The Hall–Kier alpha value is -2.43. The van der Waals surface area contributed by atoms with Crippen LogP contribution in [0, 0.1) is 0 Å². The summed E-state index contributed by atoms with van der Waals surface area (Å²) in [6.45, 7) is 3.79. The normalized spacial score (nSPS) is 10.3. The van der Waals surface area contributed by atoms with Gasteiger partial charge in [0.25, 0.3) is 5.91 Å². The van der Waals surface area contributed by atoms with E-state index in [9.17, 15) is 4.79 Å². The lowest BCUT2D eigenvalue weighted by Crippen LogP contribution is -2.41. The second-order valence-electron chi connectivity index (χ2n) is 4.51. The van der Waals surface area contributed by atoms with Crippen LogP contribution in [0.5, 0.6) is 5.75 Å². The number of benzene rings is 1. The number of amides is 1. The Bertz CT molecular complexity index is 544. The molecule has 2 rings (SSSR count). The molecular weight excluding hydrogens is 254 g/mol. The maximum Gasteiger partial charge on any atom is 0.267 e. The lowest BCUT2D eigenvalue weighted by Gasteiger charge is -2.24. The zero-order valence-corrected chi connectivity index (χ0v) is 11.6. The molecule has 1 heterocycles. The Balaban J connectivity index is 2.05. The molecule has 104 valence electrons. The largest absolute Gasteiger partial charge is 0.484 e. The Morgan fingerprint density at radius 1 is 1.15 bits per heavy atom. The summed E-state index contributed by atoms with van der Waals surface area (Å²) in [6.07, 6.45) is 3.23. The third-order valence-corrected chi connectivity index (χ3v) is 2.66. The van der Waals surface area contributed by atoms with E-state index in [0.717, 1.165) is 0 Å². The summed E-state index contributed by atoms with van der Waals surface area (Å²) in [7, 11) is 0. The summed E-state index contributed by atoms with van der Waals surface area (Å²) in [5.41, 5.74) is 0. The minimum Gasteiger partial charge on any atom is -0.484 e. The van der Waals surface area contributed by atoms with Gasteiger partial charge in [0.05, 0.1) is 0 Å². The van der Waals surface area contributed by atoms with E-state index in [1.165, 1.54) is 4.90 Å². The molecule has 0 atom stereocenters. The van der Waals surface area contributed by atoms with Gasteiger partial charge in [-0.1, -0.05) is 18.2 Å². The van der Waals surface area contributed by atoms with Crippen molar-refractivity contribution in [2.45, 2.75) is 19.9 Å². The van der Waals surface area contributed by atoms with E-state index in [1.54, 1.807) is 18.5 Å². The highest BCUT2D eigenvalue weighted by atomic mass is 16.5. The molecule has 1 amide bonds. The first-order valence-corrected chi connectivity index (χ1v) is 6.45. The van der Waals surface area contributed by atoms with Gasteiger partial charge in [-0.3, -0.25) is 9.69 Å². The van der Waals surface area contributed by atoms with Crippen LogP contribution >= 0.6 is 0 Å². The van der Waals surface area contributed by atoms with Crippen molar-refractivity contribution in [3.05, 3.63) is 48.8 Å². The highest BCUT2D eigenvalue weighted by Gasteiger charge is 2.21. The van der Waals surface area contributed by atoms with Crippen LogP contribution < -0.4 is 9.64 Å². The molecule has 0 spiro atoms. The molecule has 5 nitrogen and oxygen atoms in total. The third kappa shape index (κ3) is 3.54.